The maximum absolute atomic E-state index is 11.9. The summed E-state index contributed by atoms with van der Waals surface area (Å²) in [7, 11) is 4.04. The number of carbonyl (C=O) groups is 1. The first-order valence-corrected chi connectivity index (χ1v) is 8.60. The number of carbonyl (C=O) groups excluding carboxylic acids is 1. The summed E-state index contributed by atoms with van der Waals surface area (Å²) in [6.07, 6.45) is 1.68. The van der Waals surface area contributed by atoms with Crippen molar-refractivity contribution in [1.82, 2.24) is 9.80 Å². The highest BCUT2D eigenvalue weighted by molar-refractivity contribution is 8.04. The van der Waals surface area contributed by atoms with Gasteiger partial charge in [-0.1, -0.05) is 17.5 Å². The molecule has 1 heterocycles. The molecule has 1 saturated heterocycles. The van der Waals surface area contributed by atoms with E-state index in [4.69, 9.17) is 4.74 Å². The Balaban J connectivity index is 1.87. The summed E-state index contributed by atoms with van der Waals surface area (Å²) in [4.78, 5) is 16.4. The van der Waals surface area contributed by atoms with Crippen LogP contribution in [0.15, 0.2) is 41.1 Å². The van der Waals surface area contributed by atoms with Crippen molar-refractivity contribution in [2.24, 2.45) is 0 Å². The first-order chi connectivity index (χ1) is 11.1. The summed E-state index contributed by atoms with van der Waals surface area (Å²) in [5, 5.41) is 3.12. The van der Waals surface area contributed by atoms with Gasteiger partial charge in [0.1, 0.15) is 17.3 Å². The van der Waals surface area contributed by atoms with Crippen LogP contribution < -0.4 is 10.1 Å². The lowest BCUT2D eigenvalue weighted by molar-refractivity contribution is -0.124. The number of rotatable bonds is 7. The van der Waals surface area contributed by atoms with Gasteiger partial charge in [-0.25, -0.2) is 0 Å². The molecule has 1 amide bonds. The minimum Gasteiger partial charge on any atom is -0.492 e. The normalized spacial score (nSPS) is 14.2. The minimum absolute atomic E-state index is 0.0557. The molecule has 0 bridgehead atoms. The Morgan fingerprint density at radius 3 is 2.74 bits per heavy atom. The minimum atomic E-state index is 0.0557. The molecule has 0 unspecified atom stereocenters. The van der Waals surface area contributed by atoms with Crippen LogP contribution in [0.4, 0.5) is 5.69 Å². The van der Waals surface area contributed by atoms with Gasteiger partial charge in [0.15, 0.2) is 0 Å². The summed E-state index contributed by atoms with van der Waals surface area (Å²) in [5.41, 5.74) is 3.95. The third-order valence-corrected chi connectivity index (χ3v) is 4.35. The molecule has 0 saturated carbocycles. The molecule has 0 spiro atoms. The highest BCUT2D eigenvalue weighted by Crippen LogP contribution is 2.26. The van der Waals surface area contributed by atoms with Crippen LogP contribution in [0.25, 0.3) is 0 Å². The summed E-state index contributed by atoms with van der Waals surface area (Å²) >= 11 is 1.52. The second-order valence-corrected chi connectivity index (χ2v) is 6.33. The van der Waals surface area contributed by atoms with Gasteiger partial charge in [0.25, 0.3) is 5.91 Å². The number of nitrogens with zero attached hydrogens (tertiary/aromatic N) is 2. The van der Waals surface area contributed by atoms with Crippen LogP contribution in [0.3, 0.4) is 0 Å². The average molecular weight is 333 g/mol. The Morgan fingerprint density at radius 2 is 2.13 bits per heavy atom. The maximum atomic E-state index is 11.9. The zero-order valence-corrected chi connectivity index (χ0v) is 14.7. The topological polar surface area (TPSA) is 44.8 Å². The number of amides is 1. The van der Waals surface area contributed by atoms with E-state index in [-0.39, 0.29) is 5.91 Å². The standard InChI is InChI=1S/C17H23N3O2S/c1-4-20-13-23-16(17(20)21)9-10-18-14-5-7-15(8-6-14)22-12-11-19(2)3/h5-8,10,18H,4,11-13H2,1-3H3. The van der Waals surface area contributed by atoms with Crippen LogP contribution in [-0.2, 0) is 4.79 Å². The molecule has 1 aromatic carbocycles. The largest absolute Gasteiger partial charge is 0.492 e. The van der Waals surface area contributed by atoms with Crippen molar-refractivity contribution in [3.05, 3.63) is 41.1 Å². The van der Waals surface area contributed by atoms with E-state index in [2.05, 4.69) is 15.9 Å². The van der Waals surface area contributed by atoms with Crippen molar-refractivity contribution < 1.29 is 9.53 Å². The van der Waals surface area contributed by atoms with Crippen LogP contribution in [0.2, 0.25) is 0 Å². The molecule has 1 aliphatic heterocycles. The Hall–Kier alpha value is -1.88. The second kappa shape index (κ2) is 8.67. The Bertz CT molecular complexity index is 592. The van der Waals surface area contributed by atoms with Crippen molar-refractivity contribution in [1.29, 1.82) is 0 Å². The summed E-state index contributed by atoms with van der Waals surface area (Å²) in [6.45, 7) is 4.26. The van der Waals surface area contributed by atoms with Gasteiger partial charge in [-0.3, -0.25) is 4.79 Å². The Labute approximate surface area is 142 Å². The molecule has 2 rings (SSSR count). The number of ether oxygens (including phenoxy) is 1. The average Bonchev–Trinajstić information content (AvgIpc) is 2.89. The lowest BCUT2D eigenvalue weighted by Crippen LogP contribution is -2.24. The first kappa shape index (κ1) is 17.5. The highest BCUT2D eigenvalue weighted by Gasteiger charge is 2.24. The third kappa shape index (κ3) is 5.36. The molecule has 5 nitrogen and oxygen atoms in total. The molecule has 0 aromatic heterocycles. The lowest BCUT2D eigenvalue weighted by atomic mass is 10.3. The van der Waals surface area contributed by atoms with Crippen molar-refractivity contribution in [2.75, 3.05) is 45.0 Å². The van der Waals surface area contributed by atoms with E-state index in [1.165, 1.54) is 11.8 Å². The van der Waals surface area contributed by atoms with Gasteiger partial charge < -0.3 is 19.9 Å². The molecular formula is C17H23N3O2S. The second-order valence-electron chi connectivity index (χ2n) is 5.37. The van der Waals surface area contributed by atoms with Gasteiger partial charge in [-0.05, 0) is 45.3 Å². The van der Waals surface area contributed by atoms with Crippen molar-refractivity contribution in [3.8, 4) is 5.75 Å². The maximum Gasteiger partial charge on any atom is 0.268 e. The quantitative estimate of drug-likeness (QED) is 0.614. The summed E-state index contributed by atoms with van der Waals surface area (Å²) < 4.78 is 5.64. The van der Waals surface area contributed by atoms with Gasteiger partial charge in [0.05, 0.1) is 5.88 Å². The van der Waals surface area contributed by atoms with Gasteiger partial charge in [-0.2, -0.15) is 0 Å². The summed E-state index contributed by atoms with van der Waals surface area (Å²) in [6, 6.07) is 7.73. The first-order valence-electron chi connectivity index (χ1n) is 7.61. The molecule has 1 aliphatic rings. The van der Waals surface area contributed by atoms with Crippen LogP contribution in [0, 0.1) is 0 Å². The Morgan fingerprint density at radius 1 is 1.39 bits per heavy atom. The van der Waals surface area contributed by atoms with Crippen LogP contribution in [-0.4, -0.2) is 55.4 Å². The van der Waals surface area contributed by atoms with Crippen LogP contribution in [0.5, 0.6) is 5.75 Å². The molecule has 124 valence electrons. The molecule has 1 aromatic rings. The number of hydrogen-bond acceptors (Lipinski definition) is 5. The predicted molar refractivity (Wildman–Crippen MR) is 95.6 cm³/mol. The van der Waals surface area contributed by atoms with Crippen molar-refractivity contribution in [2.45, 2.75) is 6.92 Å². The number of anilines is 1. The van der Waals surface area contributed by atoms with Crippen LogP contribution >= 0.6 is 11.8 Å². The molecule has 0 radical (unpaired) electrons. The van der Waals surface area contributed by atoms with E-state index in [9.17, 15) is 4.79 Å². The van der Waals surface area contributed by atoms with Gasteiger partial charge >= 0.3 is 0 Å². The van der Waals surface area contributed by atoms with E-state index in [1.807, 2.05) is 45.3 Å². The van der Waals surface area contributed by atoms with Gasteiger partial charge in [0, 0.05) is 25.0 Å². The third-order valence-electron chi connectivity index (χ3n) is 3.33. The van der Waals surface area contributed by atoms with Crippen molar-refractivity contribution in [3.63, 3.8) is 0 Å². The molecule has 6 heteroatoms. The van der Waals surface area contributed by atoms with E-state index in [1.54, 1.807) is 11.1 Å². The molecule has 1 fully saturated rings. The van der Waals surface area contributed by atoms with Crippen molar-refractivity contribution >= 4 is 23.4 Å². The number of hydrogen-bond donors (Lipinski definition) is 1. The fraction of sp³-hybridized carbons (Fsp3) is 0.412. The summed E-state index contributed by atoms with van der Waals surface area (Å²) in [5.74, 6) is 1.62. The van der Waals surface area contributed by atoms with Crippen LogP contribution in [0.1, 0.15) is 6.92 Å². The van der Waals surface area contributed by atoms with E-state index < -0.39 is 0 Å². The highest BCUT2D eigenvalue weighted by atomic mass is 32.2. The van der Waals surface area contributed by atoms with E-state index in [0.717, 1.165) is 24.5 Å². The molecular weight excluding hydrogens is 310 g/mol. The zero-order chi connectivity index (χ0) is 16.7. The predicted octanol–water partition coefficient (Wildman–Crippen LogP) is 2.59. The molecule has 0 aliphatic carbocycles. The molecule has 23 heavy (non-hydrogen) atoms. The smallest absolute Gasteiger partial charge is 0.268 e. The van der Waals surface area contributed by atoms with Gasteiger partial charge in [0.2, 0.25) is 0 Å². The molecule has 0 atom stereocenters. The van der Waals surface area contributed by atoms with Gasteiger partial charge in [-0.15, -0.1) is 0 Å². The number of likely N-dealkylation sites (N-methyl/N-ethyl adjacent to an activating group) is 2. The number of nitrogens with one attached hydrogen (secondary N) is 1. The number of benzene rings is 1. The SMILES string of the molecule is CCN1CSC(=C=CNc2ccc(OCCN(C)C)cc2)C1=O. The zero-order valence-electron chi connectivity index (χ0n) is 13.8. The number of thioether (sulfide) groups is 1. The molecule has 1 N–H and O–H groups in total. The van der Waals surface area contributed by atoms with E-state index in [0.29, 0.717) is 17.4 Å². The van der Waals surface area contributed by atoms with E-state index >= 15 is 0 Å². The Kier molecular flexibility index (Phi) is 6.59. The fourth-order valence-electron chi connectivity index (χ4n) is 1.92. The fourth-order valence-corrected chi connectivity index (χ4v) is 2.90. The monoisotopic (exact) mass is 333 g/mol. The lowest BCUT2D eigenvalue weighted by Gasteiger charge is -2.11.